The number of thiazole rings is 1. The Morgan fingerprint density at radius 1 is 1.19 bits per heavy atom. The number of aromatic nitrogens is 1. The summed E-state index contributed by atoms with van der Waals surface area (Å²) in [7, 11) is 0. The summed E-state index contributed by atoms with van der Waals surface area (Å²) in [6, 6.07) is 8.31. The number of hydrogen-bond donors (Lipinski definition) is 1. The van der Waals surface area contributed by atoms with Crippen LogP contribution in [0.3, 0.4) is 0 Å². The second-order valence-electron chi connectivity index (χ2n) is 7.03. The van der Waals surface area contributed by atoms with Crippen LogP contribution in [0, 0.1) is 6.92 Å². The van der Waals surface area contributed by atoms with Crippen molar-refractivity contribution >= 4 is 23.2 Å². The molecule has 1 fully saturated rings. The Bertz CT molecular complexity index is 770. The minimum atomic E-state index is -0.0708. The second kappa shape index (κ2) is 9.65. The molecule has 1 N–H and O–H groups in total. The molecule has 0 unspecified atom stereocenters. The van der Waals surface area contributed by atoms with Gasteiger partial charge in [0.25, 0.3) is 0 Å². The van der Waals surface area contributed by atoms with Gasteiger partial charge >= 0.3 is 0 Å². The molecule has 1 aromatic heterocycles. The van der Waals surface area contributed by atoms with Crippen LogP contribution in [0.5, 0.6) is 0 Å². The van der Waals surface area contributed by atoms with Crippen molar-refractivity contribution in [3.05, 3.63) is 40.2 Å². The van der Waals surface area contributed by atoms with Gasteiger partial charge in [-0.1, -0.05) is 37.1 Å². The average molecular weight is 386 g/mol. The fraction of sp³-hybridized carbons (Fsp3) is 0.476. The van der Waals surface area contributed by atoms with Crippen molar-refractivity contribution in [2.24, 2.45) is 0 Å². The highest BCUT2D eigenvalue weighted by Crippen LogP contribution is 2.21. The number of likely N-dealkylation sites (tertiary alicyclic amines) is 1. The lowest BCUT2D eigenvalue weighted by atomic mass is 10.1. The summed E-state index contributed by atoms with van der Waals surface area (Å²) in [5.41, 5.74) is 3.30. The lowest BCUT2D eigenvalue weighted by Crippen LogP contribution is -2.42. The molecule has 1 aromatic carbocycles. The third-order valence-corrected chi connectivity index (χ3v) is 5.63. The summed E-state index contributed by atoms with van der Waals surface area (Å²) in [4.78, 5) is 30.5. The standard InChI is InChI=1S/C21H27N3O2S/c1-16-23-19(15-27-16)18-9-7-17(8-10-18)11-12-22-20(25)14-24-13-5-3-2-4-6-21(24)26/h7-10,15H,2-6,11-14H2,1H3,(H,22,25). The van der Waals surface area contributed by atoms with Crippen LogP contribution in [0.25, 0.3) is 11.3 Å². The van der Waals surface area contributed by atoms with Gasteiger partial charge in [0.15, 0.2) is 0 Å². The van der Waals surface area contributed by atoms with Crippen molar-refractivity contribution in [1.29, 1.82) is 0 Å². The predicted octanol–water partition coefficient (Wildman–Crippen LogP) is 3.57. The van der Waals surface area contributed by atoms with Crippen LogP contribution in [-0.2, 0) is 16.0 Å². The normalized spacial score (nSPS) is 15.3. The second-order valence-corrected chi connectivity index (χ2v) is 8.09. The molecule has 0 radical (unpaired) electrons. The Labute approximate surface area is 164 Å². The number of carbonyl (C=O) groups is 2. The number of benzene rings is 1. The van der Waals surface area contributed by atoms with E-state index >= 15 is 0 Å². The minimum absolute atomic E-state index is 0.0708. The summed E-state index contributed by atoms with van der Waals surface area (Å²) >= 11 is 1.65. The molecule has 1 saturated heterocycles. The molecular weight excluding hydrogens is 358 g/mol. The molecule has 5 nitrogen and oxygen atoms in total. The van der Waals surface area contributed by atoms with Gasteiger partial charge in [0.2, 0.25) is 11.8 Å². The monoisotopic (exact) mass is 385 g/mol. The molecule has 0 atom stereocenters. The predicted molar refractivity (Wildman–Crippen MR) is 109 cm³/mol. The smallest absolute Gasteiger partial charge is 0.239 e. The molecule has 3 rings (SSSR count). The molecule has 0 saturated carbocycles. The number of aryl methyl sites for hydroxylation is 1. The van der Waals surface area contributed by atoms with Gasteiger partial charge in [0, 0.05) is 30.5 Å². The first-order chi connectivity index (χ1) is 13.1. The van der Waals surface area contributed by atoms with Crippen molar-refractivity contribution in [3.8, 4) is 11.3 Å². The van der Waals surface area contributed by atoms with Gasteiger partial charge in [-0.25, -0.2) is 4.98 Å². The summed E-state index contributed by atoms with van der Waals surface area (Å²) in [6.45, 7) is 3.47. The molecule has 0 aliphatic carbocycles. The first-order valence-corrected chi connectivity index (χ1v) is 10.6. The molecule has 0 spiro atoms. The number of rotatable bonds is 6. The average Bonchev–Trinajstić information content (AvgIpc) is 3.08. The van der Waals surface area contributed by atoms with Gasteiger partial charge in [-0.2, -0.15) is 0 Å². The highest BCUT2D eigenvalue weighted by molar-refractivity contribution is 7.09. The quantitative estimate of drug-likeness (QED) is 0.827. The van der Waals surface area contributed by atoms with Crippen molar-refractivity contribution in [2.75, 3.05) is 19.6 Å². The van der Waals surface area contributed by atoms with Crippen LogP contribution in [0.2, 0.25) is 0 Å². The fourth-order valence-corrected chi connectivity index (χ4v) is 3.92. The highest BCUT2D eigenvalue weighted by Gasteiger charge is 2.18. The van der Waals surface area contributed by atoms with Crippen molar-refractivity contribution < 1.29 is 9.59 Å². The van der Waals surface area contributed by atoms with Gasteiger partial charge in [-0.05, 0) is 31.7 Å². The van der Waals surface area contributed by atoms with Crippen LogP contribution in [0.4, 0.5) is 0 Å². The maximum Gasteiger partial charge on any atom is 0.239 e. The van der Waals surface area contributed by atoms with E-state index < -0.39 is 0 Å². The van der Waals surface area contributed by atoms with E-state index in [-0.39, 0.29) is 18.4 Å². The number of nitrogens with one attached hydrogen (secondary N) is 1. The zero-order valence-electron chi connectivity index (χ0n) is 15.9. The lowest BCUT2D eigenvalue weighted by Gasteiger charge is -2.24. The number of nitrogens with zero attached hydrogens (tertiary/aromatic N) is 2. The van der Waals surface area contributed by atoms with Crippen LogP contribution in [-0.4, -0.2) is 41.3 Å². The Morgan fingerprint density at radius 2 is 1.96 bits per heavy atom. The van der Waals surface area contributed by atoms with E-state index in [2.05, 4.69) is 39.9 Å². The molecule has 144 valence electrons. The summed E-state index contributed by atoms with van der Waals surface area (Å²) in [5, 5.41) is 6.07. The number of carbonyl (C=O) groups excluding carboxylic acids is 2. The summed E-state index contributed by atoms with van der Waals surface area (Å²) in [6.07, 6.45) is 5.53. The van der Waals surface area contributed by atoms with E-state index in [0.717, 1.165) is 48.4 Å². The van der Waals surface area contributed by atoms with Crippen LogP contribution in [0.15, 0.2) is 29.6 Å². The van der Waals surface area contributed by atoms with Gasteiger partial charge < -0.3 is 10.2 Å². The largest absolute Gasteiger partial charge is 0.354 e. The van der Waals surface area contributed by atoms with E-state index in [4.69, 9.17) is 0 Å². The molecule has 2 heterocycles. The summed E-state index contributed by atoms with van der Waals surface area (Å²) in [5.74, 6) is 0.0382. The molecule has 2 aromatic rings. The zero-order valence-corrected chi connectivity index (χ0v) is 16.7. The lowest BCUT2D eigenvalue weighted by molar-refractivity contribution is -0.136. The Morgan fingerprint density at radius 3 is 2.70 bits per heavy atom. The molecule has 0 bridgehead atoms. The minimum Gasteiger partial charge on any atom is -0.354 e. The van der Waals surface area contributed by atoms with Crippen LogP contribution < -0.4 is 5.32 Å². The van der Waals surface area contributed by atoms with E-state index in [9.17, 15) is 9.59 Å². The Hall–Kier alpha value is -2.21. The molecule has 27 heavy (non-hydrogen) atoms. The first kappa shape index (κ1) is 19.5. The van der Waals surface area contributed by atoms with E-state index in [1.54, 1.807) is 16.2 Å². The van der Waals surface area contributed by atoms with Gasteiger partial charge in [-0.3, -0.25) is 9.59 Å². The first-order valence-electron chi connectivity index (χ1n) is 9.68. The third kappa shape index (κ3) is 5.89. The Kier molecular flexibility index (Phi) is 6.98. The molecule has 1 aliphatic heterocycles. The maximum atomic E-state index is 12.2. The third-order valence-electron chi connectivity index (χ3n) is 4.86. The van der Waals surface area contributed by atoms with Crippen molar-refractivity contribution in [1.82, 2.24) is 15.2 Å². The SMILES string of the molecule is Cc1nc(-c2ccc(CCNC(=O)CN3CCCCCCC3=O)cc2)cs1. The van der Waals surface area contributed by atoms with Gasteiger partial charge in [0.05, 0.1) is 17.2 Å². The molecule has 2 amide bonds. The van der Waals surface area contributed by atoms with Crippen LogP contribution in [0.1, 0.15) is 42.7 Å². The molecule has 6 heteroatoms. The van der Waals surface area contributed by atoms with E-state index in [1.807, 2.05) is 6.92 Å². The maximum absolute atomic E-state index is 12.2. The number of hydrogen-bond acceptors (Lipinski definition) is 4. The van der Waals surface area contributed by atoms with Gasteiger partial charge in [-0.15, -0.1) is 11.3 Å². The topological polar surface area (TPSA) is 62.3 Å². The van der Waals surface area contributed by atoms with E-state index in [1.165, 1.54) is 5.56 Å². The van der Waals surface area contributed by atoms with Gasteiger partial charge in [0.1, 0.15) is 0 Å². The van der Waals surface area contributed by atoms with Crippen molar-refractivity contribution in [2.45, 2.75) is 45.4 Å². The molecular formula is C21H27N3O2S. The van der Waals surface area contributed by atoms with Crippen LogP contribution >= 0.6 is 11.3 Å². The Balaban J connectivity index is 1.43. The zero-order chi connectivity index (χ0) is 19.1. The highest BCUT2D eigenvalue weighted by atomic mass is 32.1. The molecule has 1 aliphatic rings. The number of amides is 2. The fourth-order valence-electron chi connectivity index (χ4n) is 3.30. The van der Waals surface area contributed by atoms with E-state index in [0.29, 0.717) is 19.5 Å². The summed E-state index contributed by atoms with van der Waals surface area (Å²) < 4.78 is 0. The van der Waals surface area contributed by atoms with Crippen molar-refractivity contribution in [3.63, 3.8) is 0 Å².